The zero-order valence-electron chi connectivity index (χ0n) is 7.56. The van der Waals surface area contributed by atoms with Crippen molar-refractivity contribution in [1.29, 1.82) is 0 Å². The summed E-state index contributed by atoms with van der Waals surface area (Å²) in [4.78, 5) is 1.85. The number of rotatable bonds is 1. The molecule has 0 amide bonds. The van der Waals surface area contributed by atoms with Crippen LogP contribution in [0.2, 0.25) is 0 Å². The highest BCUT2D eigenvalue weighted by Gasteiger charge is 2.17. The molecule has 0 atom stereocenters. The number of halogens is 3. The zero-order valence-corrected chi connectivity index (χ0v) is 7.56. The maximum atomic E-state index is 12.9. The minimum absolute atomic E-state index is 0.430. The van der Waals surface area contributed by atoms with Gasteiger partial charge in [0.1, 0.15) is 0 Å². The molecule has 0 unspecified atom stereocenters. The molecule has 0 radical (unpaired) electrons. The number of benzene rings is 1. The Labute approximate surface area is 80.1 Å². The van der Waals surface area contributed by atoms with E-state index in [-0.39, 0.29) is 0 Å². The van der Waals surface area contributed by atoms with Gasteiger partial charge in [0.25, 0.3) is 0 Å². The van der Waals surface area contributed by atoms with E-state index in [1.54, 1.807) is 0 Å². The summed E-state index contributed by atoms with van der Waals surface area (Å²) in [6.45, 7) is 1.56. The topological polar surface area (TPSA) is 3.24 Å². The molecule has 0 bridgehead atoms. The summed E-state index contributed by atoms with van der Waals surface area (Å²) in [5, 5.41) is 0. The fourth-order valence-corrected chi connectivity index (χ4v) is 1.70. The van der Waals surface area contributed by atoms with Gasteiger partial charge < -0.3 is 4.90 Å². The van der Waals surface area contributed by atoms with Crippen LogP contribution in [0.25, 0.3) is 0 Å². The van der Waals surface area contributed by atoms with Gasteiger partial charge in [0, 0.05) is 30.9 Å². The maximum Gasteiger partial charge on any atom is 0.194 e. The van der Waals surface area contributed by atoms with Gasteiger partial charge in [-0.25, -0.2) is 13.2 Å². The fourth-order valence-electron chi connectivity index (χ4n) is 1.70. The lowest BCUT2D eigenvalue weighted by Gasteiger charge is -2.17. The molecule has 1 aromatic carbocycles. The molecule has 1 aromatic rings. The third kappa shape index (κ3) is 1.56. The van der Waals surface area contributed by atoms with Gasteiger partial charge in [-0.1, -0.05) is 0 Å². The van der Waals surface area contributed by atoms with Crippen LogP contribution in [-0.4, -0.2) is 13.1 Å². The van der Waals surface area contributed by atoms with Crippen molar-refractivity contribution < 1.29 is 13.2 Å². The van der Waals surface area contributed by atoms with Crippen molar-refractivity contribution in [3.05, 3.63) is 29.6 Å². The first-order valence-corrected chi connectivity index (χ1v) is 4.58. The van der Waals surface area contributed by atoms with Gasteiger partial charge in [-0.2, -0.15) is 0 Å². The highest BCUT2D eigenvalue weighted by molar-refractivity contribution is 5.47. The molecule has 76 valence electrons. The quantitative estimate of drug-likeness (QED) is 0.631. The normalized spacial score (nSPS) is 16.4. The third-order valence-corrected chi connectivity index (χ3v) is 2.44. The van der Waals surface area contributed by atoms with Crippen LogP contribution in [-0.2, 0) is 0 Å². The van der Waals surface area contributed by atoms with Gasteiger partial charge in [-0.05, 0) is 12.8 Å². The summed E-state index contributed by atoms with van der Waals surface area (Å²) in [5.74, 6) is -3.63. The molecule has 4 heteroatoms. The van der Waals surface area contributed by atoms with Crippen molar-refractivity contribution >= 4 is 5.69 Å². The number of nitrogens with zero attached hydrogens (tertiary/aromatic N) is 1. The van der Waals surface area contributed by atoms with E-state index in [2.05, 4.69) is 0 Å². The van der Waals surface area contributed by atoms with E-state index in [0.29, 0.717) is 5.69 Å². The van der Waals surface area contributed by atoms with E-state index in [1.165, 1.54) is 0 Å². The average molecular weight is 201 g/mol. The van der Waals surface area contributed by atoms with Gasteiger partial charge in [-0.15, -0.1) is 0 Å². The van der Waals surface area contributed by atoms with Crippen molar-refractivity contribution in [3.8, 4) is 0 Å². The summed E-state index contributed by atoms with van der Waals surface area (Å²) < 4.78 is 38.3. The first-order chi connectivity index (χ1) is 6.68. The van der Waals surface area contributed by atoms with Gasteiger partial charge >= 0.3 is 0 Å². The van der Waals surface area contributed by atoms with Crippen LogP contribution in [0.1, 0.15) is 12.8 Å². The summed E-state index contributed by atoms with van der Waals surface area (Å²) in [5.41, 5.74) is 0.430. The molecular weight excluding hydrogens is 191 g/mol. The molecule has 1 heterocycles. The Morgan fingerprint density at radius 2 is 1.43 bits per heavy atom. The predicted octanol–water partition coefficient (Wildman–Crippen LogP) is 2.70. The number of hydrogen-bond acceptors (Lipinski definition) is 1. The van der Waals surface area contributed by atoms with E-state index in [4.69, 9.17) is 0 Å². The molecule has 0 aliphatic carbocycles. The highest BCUT2D eigenvalue weighted by Crippen LogP contribution is 2.24. The molecule has 14 heavy (non-hydrogen) atoms. The molecule has 1 aliphatic rings. The first-order valence-electron chi connectivity index (χ1n) is 4.58. The molecule has 0 N–H and O–H groups in total. The van der Waals surface area contributed by atoms with Crippen LogP contribution in [0.3, 0.4) is 0 Å². The Hall–Kier alpha value is -1.19. The Morgan fingerprint density at radius 1 is 0.929 bits per heavy atom. The Balaban J connectivity index is 2.34. The highest BCUT2D eigenvalue weighted by atomic mass is 19.2. The molecule has 0 aromatic heterocycles. The van der Waals surface area contributed by atoms with Gasteiger partial charge in [0.05, 0.1) is 0 Å². The van der Waals surface area contributed by atoms with Crippen LogP contribution >= 0.6 is 0 Å². The molecule has 1 nitrogen and oxygen atoms in total. The molecule has 1 fully saturated rings. The molecular formula is C10H10F3N. The summed E-state index contributed by atoms with van der Waals surface area (Å²) >= 11 is 0. The lowest BCUT2D eigenvalue weighted by molar-refractivity contribution is 0.447. The van der Waals surface area contributed by atoms with Crippen LogP contribution in [0, 0.1) is 17.5 Å². The number of anilines is 1. The van der Waals surface area contributed by atoms with E-state index in [1.807, 2.05) is 4.90 Å². The first kappa shape index (κ1) is 9.37. The van der Waals surface area contributed by atoms with Crippen LogP contribution in [0.4, 0.5) is 18.9 Å². The monoisotopic (exact) mass is 201 g/mol. The Bertz CT molecular complexity index is 322. The third-order valence-electron chi connectivity index (χ3n) is 2.44. The van der Waals surface area contributed by atoms with Crippen molar-refractivity contribution in [1.82, 2.24) is 0 Å². The molecule has 0 spiro atoms. The number of hydrogen-bond donors (Lipinski definition) is 0. The minimum atomic E-state index is -1.40. The van der Waals surface area contributed by atoms with E-state index < -0.39 is 17.5 Å². The molecule has 1 aliphatic heterocycles. The average Bonchev–Trinajstić information content (AvgIpc) is 2.66. The summed E-state index contributed by atoms with van der Waals surface area (Å²) in [6.07, 6.45) is 2.03. The van der Waals surface area contributed by atoms with Gasteiger partial charge in [0.15, 0.2) is 17.5 Å². The van der Waals surface area contributed by atoms with Crippen molar-refractivity contribution in [2.75, 3.05) is 18.0 Å². The lowest BCUT2D eigenvalue weighted by Crippen LogP contribution is -2.18. The fraction of sp³-hybridized carbons (Fsp3) is 0.400. The van der Waals surface area contributed by atoms with Crippen molar-refractivity contribution in [2.24, 2.45) is 0 Å². The second-order valence-corrected chi connectivity index (χ2v) is 3.42. The van der Waals surface area contributed by atoms with E-state index >= 15 is 0 Å². The Morgan fingerprint density at radius 3 is 1.93 bits per heavy atom. The van der Waals surface area contributed by atoms with Crippen molar-refractivity contribution in [3.63, 3.8) is 0 Å². The summed E-state index contributed by atoms with van der Waals surface area (Å²) in [7, 11) is 0. The Kier molecular flexibility index (Phi) is 2.35. The standard InChI is InChI=1S/C10H10F3N/c11-8-5-7(6-9(12)10(8)13)14-3-1-2-4-14/h5-6H,1-4H2. The van der Waals surface area contributed by atoms with Crippen LogP contribution in [0.5, 0.6) is 0 Å². The molecule has 1 saturated heterocycles. The van der Waals surface area contributed by atoms with Crippen LogP contribution in [0.15, 0.2) is 12.1 Å². The van der Waals surface area contributed by atoms with Crippen LogP contribution < -0.4 is 4.90 Å². The van der Waals surface area contributed by atoms with E-state index in [9.17, 15) is 13.2 Å². The molecule has 2 rings (SSSR count). The second-order valence-electron chi connectivity index (χ2n) is 3.42. The second kappa shape index (κ2) is 3.52. The van der Waals surface area contributed by atoms with Gasteiger partial charge in [-0.3, -0.25) is 0 Å². The SMILES string of the molecule is Fc1cc(N2CCCC2)cc(F)c1F. The summed E-state index contributed by atoms with van der Waals surface area (Å²) in [6, 6.07) is 2.09. The molecule has 0 saturated carbocycles. The van der Waals surface area contributed by atoms with Gasteiger partial charge in [0.2, 0.25) is 0 Å². The van der Waals surface area contributed by atoms with Crippen molar-refractivity contribution in [2.45, 2.75) is 12.8 Å². The maximum absolute atomic E-state index is 12.9. The lowest BCUT2D eigenvalue weighted by atomic mass is 10.2. The minimum Gasteiger partial charge on any atom is -0.371 e. The largest absolute Gasteiger partial charge is 0.371 e. The smallest absolute Gasteiger partial charge is 0.194 e. The van der Waals surface area contributed by atoms with E-state index in [0.717, 1.165) is 38.1 Å². The predicted molar refractivity (Wildman–Crippen MR) is 47.8 cm³/mol. The zero-order chi connectivity index (χ0) is 10.1.